The number of hydrogen-bond donors (Lipinski definition) is 1. The molecule has 0 spiro atoms. The average molecular weight is 466 g/mol. The average Bonchev–Trinajstić information content (AvgIpc) is 3.32. The number of ether oxygens (including phenoxy) is 5. The molecule has 0 aliphatic carbocycles. The molecule has 0 saturated carbocycles. The SMILES string of the molecule is CCOc1cc(N2CCOCC2)c(OCC)cc1NC(=O)/C(C#N)=C\c1ccc2c(c1)OCO2. The number of nitrogens with zero attached hydrogens (tertiary/aromatic N) is 2. The quantitative estimate of drug-likeness (QED) is 0.466. The van der Waals surface area contributed by atoms with Crippen LogP contribution in [0.5, 0.6) is 23.0 Å². The molecule has 2 aliphatic rings. The van der Waals surface area contributed by atoms with Crippen molar-refractivity contribution < 1.29 is 28.5 Å². The molecule has 2 aromatic rings. The molecule has 2 aromatic carbocycles. The molecule has 0 atom stereocenters. The van der Waals surface area contributed by atoms with Gasteiger partial charge in [-0.2, -0.15) is 5.26 Å². The van der Waals surface area contributed by atoms with Gasteiger partial charge in [0.2, 0.25) is 6.79 Å². The number of rotatable bonds is 8. The summed E-state index contributed by atoms with van der Waals surface area (Å²) in [6.45, 7) is 7.52. The molecule has 1 fully saturated rings. The molecule has 1 N–H and O–H groups in total. The highest BCUT2D eigenvalue weighted by atomic mass is 16.7. The number of benzene rings is 2. The third-order valence-electron chi connectivity index (χ3n) is 5.33. The third kappa shape index (κ3) is 5.18. The summed E-state index contributed by atoms with van der Waals surface area (Å²) >= 11 is 0. The summed E-state index contributed by atoms with van der Waals surface area (Å²) < 4.78 is 27.8. The van der Waals surface area contributed by atoms with Crippen LogP contribution >= 0.6 is 0 Å². The fourth-order valence-corrected chi connectivity index (χ4v) is 3.75. The number of hydrogen-bond acceptors (Lipinski definition) is 8. The highest BCUT2D eigenvalue weighted by Gasteiger charge is 2.21. The summed E-state index contributed by atoms with van der Waals surface area (Å²) in [5.41, 5.74) is 1.90. The number of nitrogens with one attached hydrogen (secondary N) is 1. The van der Waals surface area contributed by atoms with Crippen LogP contribution in [0.15, 0.2) is 35.9 Å². The molecule has 0 bridgehead atoms. The van der Waals surface area contributed by atoms with Crippen LogP contribution in [0.1, 0.15) is 19.4 Å². The summed E-state index contributed by atoms with van der Waals surface area (Å²) in [5, 5.41) is 12.5. The number of carbonyl (C=O) groups is 1. The van der Waals surface area contributed by atoms with Gasteiger partial charge in [0.15, 0.2) is 11.5 Å². The Bertz CT molecular complexity index is 1120. The first-order valence-electron chi connectivity index (χ1n) is 11.2. The van der Waals surface area contributed by atoms with Crippen LogP contribution in [0.2, 0.25) is 0 Å². The molecular weight excluding hydrogens is 438 g/mol. The van der Waals surface area contributed by atoms with Crippen molar-refractivity contribution in [1.82, 2.24) is 0 Å². The van der Waals surface area contributed by atoms with Crippen molar-refractivity contribution in [2.24, 2.45) is 0 Å². The van der Waals surface area contributed by atoms with Crippen molar-refractivity contribution in [3.05, 3.63) is 41.5 Å². The Morgan fingerprint density at radius 2 is 1.82 bits per heavy atom. The predicted molar refractivity (Wildman–Crippen MR) is 127 cm³/mol. The van der Waals surface area contributed by atoms with Gasteiger partial charge in [0.05, 0.1) is 37.8 Å². The van der Waals surface area contributed by atoms with Gasteiger partial charge in [-0.1, -0.05) is 6.07 Å². The van der Waals surface area contributed by atoms with Gasteiger partial charge in [-0.3, -0.25) is 4.79 Å². The number of morpholine rings is 1. The standard InChI is InChI=1S/C25H27N3O6/c1-3-31-22-14-20(28-7-9-30-10-8-28)23(32-4-2)13-19(22)27-25(29)18(15-26)11-17-5-6-21-24(12-17)34-16-33-21/h5-6,11-14H,3-4,7-10,16H2,1-2H3,(H,27,29)/b18-11-. The number of anilines is 2. The minimum atomic E-state index is -0.553. The highest BCUT2D eigenvalue weighted by molar-refractivity contribution is 6.10. The molecule has 2 aliphatic heterocycles. The molecule has 1 saturated heterocycles. The maximum absolute atomic E-state index is 13.0. The Morgan fingerprint density at radius 1 is 1.09 bits per heavy atom. The second kappa shape index (κ2) is 10.8. The minimum absolute atomic E-state index is 0.0588. The molecule has 1 amide bonds. The number of amides is 1. The molecule has 9 heteroatoms. The Morgan fingerprint density at radius 3 is 2.56 bits per heavy atom. The zero-order valence-corrected chi connectivity index (χ0v) is 19.3. The van der Waals surface area contributed by atoms with E-state index in [4.69, 9.17) is 23.7 Å². The maximum atomic E-state index is 13.0. The van der Waals surface area contributed by atoms with Crippen molar-refractivity contribution in [2.45, 2.75) is 13.8 Å². The Kier molecular flexibility index (Phi) is 7.40. The Labute approximate surface area is 198 Å². The van der Waals surface area contributed by atoms with E-state index in [1.807, 2.05) is 26.0 Å². The van der Waals surface area contributed by atoms with E-state index in [-0.39, 0.29) is 12.4 Å². The molecule has 0 unspecified atom stereocenters. The van der Waals surface area contributed by atoms with Gasteiger partial charge in [-0.05, 0) is 37.6 Å². The van der Waals surface area contributed by atoms with Gasteiger partial charge in [0.25, 0.3) is 5.91 Å². The van der Waals surface area contributed by atoms with Crippen molar-refractivity contribution in [1.29, 1.82) is 5.26 Å². The number of fused-ring (bicyclic) bond motifs is 1. The van der Waals surface area contributed by atoms with Gasteiger partial charge < -0.3 is 33.9 Å². The van der Waals surface area contributed by atoms with Gasteiger partial charge >= 0.3 is 0 Å². The van der Waals surface area contributed by atoms with Crippen LogP contribution in [0.4, 0.5) is 11.4 Å². The lowest BCUT2D eigenvalue weighted by molar-refractivity contribution is -0.112. The molecule has 34 heavy (non-hydrogen) atoms. The fourth-order valence-electron chi connectivity index (χ4n) is 3.75. The molecule has 4 rings (SSSR count). The second-order valence-electron chi connectivity index (χ2n) is 7.52. The lowest BCUT2D eigenvalue weighted by Gasteiger charge is -2.31. The van der Waals surface area contributed by atoms with Gasteiger partial charge in [-0.25, -0.2) is 0 Å². The smallest absolute Gasteiger partial charge is 0.266 e. The highest BCUT2D eigenvalue weighted by Crippen LogP contribution is 2.39. The van der Waals surface area contributed by atoms with E-state index in [0.29, 0.717) is 60.7 Å². The van der Waals surface area contributed by atoms with Crippen LogP contribution in [-0.2, 0) is 9.53 Å². The van der Waals surface area contributed by atoms with E-state index in [9.17, 15) is 10.1 Å². The summed E-state index contributed by atoms with van der Waals surface area (Å²) in [4.78, 5) is 15.2. The Hall–Kier alpha value is -3.90. The Balaban J connectivity index is 1.62. The molecule has 0 aromatic heterocycles. The monoisotopic (exact) mass is 465 g/mol. The van der Waals surface area contributed by atoms with E-state index in [0.717, 1.165) is 18.8 Å². The normalized spacial score (nSPS) is 15.0. The second-order valence-corrected chi connectivity index (χ2v) is 7.52. The summed E-state index contributed by atoms with van der Waals surface area (Å²) in [6.07, 6.45) is 1.50. The molecule has 0 radical (unpaired) electrons. The number of nitriles is 1. The van der Waals surface area contributed by atoms with E-state index in [1.54, 1.807) is 24.3 Å². The van der Waals surface area contributed by atoms with Crippen molar-refractivity contribution >= 4 is 23.4 Å². The van der Waals surface area contributed by atoms with Gasteiger partial charge in [0, 0.05) is 25.2 Å². The minimum Gasteiger partial charge on any atom is -0.492 e. The van der Waals surface area contributed by atoms with Crippen LogP contribution in [-0.4, -0.2) is 52.2 Å². The fraction of sp³-hybridized carbons (Fsp3) is 0.360. The lowest BCUT2D eigenvalue weighted by Crippen LogP contribution is -2.36. The van der Waals surface area contributed by atoms with Gasteiger partial charge in [-0.15, -0.1) is 0 Å². The van der Waals surface area contributed by atoms with Crippen molar-refractivity contribution in [2.75, 3.05) is 56.5 Å². The van der Waals surface area contributed by atoms with E-state index in [1.165, 1.54) is 6.08 Å². The molecule has 178 valence electrons. The van der Waals surface area contributed by atoms with Crippen molar-refractivity contribution in [3.63, 3.8) is 0 Å². The van der Waals surface area contributed by atoms with Crippen molar-refractivity contribution in [3.8, 4) is 29.1 Å². The van der Waals surface area contributed by atoms with Crippen LogP contribution in [0.25, 0.3) is 6.08 Å². The predicted octanol–water partition coefficient (Wildman–Crippen LogP) is 3.59. The zero-order valence-electron chi connectivity index (χ0n) is 19.3. The van der Waals surface area contributed by atoms with Crippen LogP contribution in [0.3, 0.4) is 0 Å². The largest absolute Gasteiger partial charge is 0.492 e. The first-order chi connectivity index (χ1) is 16.6. The summed E-state index contributed by atoms with van der Waals surface area (Å²) in [5.74, 6) is 1.78. The van der Waals surface area contributed by atoms with Crippen LogP contribution < -0.4 is 29.2 Å². The summed E-state index contributed by atoms with van der Waals surface area (Å²) in [6, 6.07) is 10.8. The molecule has 9 nitrogen and oxygen atoms in total. The molecule has 2 heterocycles. The van der Waals surface area contributed by atoms with Gasteiger partial charge in [0.1, 0.15) is 23.1 Å². The third-order valence-corrected chi connectivity index (χ3v) is 5.33. The van der Waals surface area contributed by atoms with E-state index >= 15 is 0 Å². The van der Waals surface area contributed by atoms with E-state index in [2.05, 4.69) is 10.2 Å². The number of carbonyl (C=O) groups excluding carboxylic acids is 1. The summed E-state index contributed by atoms with van der Waals surface area (Å²) in [7, 11) is 0. The lowest BCUT2D eigenvalue weighted by atomic mass is 10.1. The topological polar surface area (TPSA) is 102 Å². The molecular formula is C25H27N3O6. The zero-order chi connectivity index (χ0) is 23.9. The first-order valence-corrected chi connectivity index (χ1v) is 11.2. The first kappa shape index (κ1) is 23.3. The maximum Gasteiger partial charge on any atom is 0.266 e. The van der Waals surface area contributed by atoms with Crippen LogP contribution in [0, 0.1) is 11.3 Å². The van der Waals surface area contributed by atoms with E-state index < -0.39 is 5.91 Å².